The fourth-order valence-electron chi connectivity index (χ4n) is 10.7. The van der Waals surface area contributed by atoms with Gasteiger partial charge in [-0.25, -0.2) is 0 Å². The predicted molar refractivity (Wildman–Crippen MR) is 298 cm³/mol. The molecule has 0 unspecified atom stereocenters. The van der Waals surface area contributed by atoms with Crippen molar-refractivity contribution in [1.82, 2.24) is 0 Å². The Kier molecular flexibility index (Phi) is 9.74. The first-order chi connectivity index (χ1) is 35.7. The number of fused-ring (bicyclic) bond motifs is 10. The van der Waals surface area contributed by atoms with Crippen LogP contribution in [0.25, 0.3) is 32.3 Å². The first-order valence-corrected chi connectivity index (χ1v) is 24.3. The number of benzene rings is 12. The Morgan fingerprint density at radius 1 is 0.222 bits per heavy atom. The molecule has 0 radical (unpaired) electrons. The third kappa shape index (κ3) is 6.88. The Bertz CT molecular complexity index is 3660. The minimum atomic E-state index is 0.784. The molecule has 14 rings (SSSR count). The van der Waals surface area contributed by atoms with Gasteiger partial charge in [-0.2, -0.15) is 0 Å². The second-order valence-corrected chi connectivity index (χ2v) is 18.1. The molecule has 12 aromatic rings. The van der Waals surface area contributed by atoms with Gasteiger partial charge in [-0.15, -0.1) is 0 Å². The second-order valence-electron chi connectivity index (χ2n) is 18.1. The van der Waals surface area contributed by atoms with E-state index in [1.54, 1.807) is 0 Å². The zero-order valence-electron chi connectivity index (χ0n) is 39.0. The maximum absolute atomic E-state index is 6.78. The summed E-state index contributed by atoms with van der Waals surface area (Å²) in [5, 5.41) is 7.11. The molecule has 6 nitrogen and oxygen atoms in total. The second kappa shape index (κ2) is 17.0. The Morgan fingerprint density at radius 3 is 0.931 bits per heavy atom. The smallest absolute Gasteiger partial charge is 0.153 e. The topological polar surface area (TPSA) is 31.4 Å². The molecule has 0 N–H and O–H groups in total. The number of hydrogen-bond acceptors (Lipinski definition) is 6. The van der Waals surface area contributed by atoms with E-state index in [1.165, 1.54) is 32.3 Å². The molecule has 0 fully saturated rings. The van der Waals surface area contributed by atoms with Crippen molar-refractivity contribution < 1.29 is 9.47 Å². The fraction of sp³-hybridized carbons (Fsp3) is 0. The Hall–Kier alpha value is -9.78. The molecular weight excluding hydrogens is 881 g/mol. The average molecular weight is 925 g/mol. The van der Waals surface area contributed by atoms with Crippen molar-refractivity contribution in [3.05, 3.63) is 267 Å². The summed E-state index contributed by atoms with van der Waals surface area (Å²) in [5.41, 5.74) is 12.3. The lowest BCUT2D eigenvalue weighted by Gasteiger charge is -2.34. The highest BCUT2D eigenvalue weighted by Gasteiger charge is 2.30. The zero-order chi connectivity index (χ0) is 47.5. The van der Waals surface area contributed by atoms with Gasteiger partial charge in [-0.05, 0) is 154 Å². The molecule has 2 heterocycles. The van der Waals surface area contributed by atoms with Crippen LogP contribution in [0.3, 0.4) is 0 Å². The van der Waals surface area contributed by atoms with Gasteiger partial charge in [0.05, 0.1) is 22.7 Å². The summed E-state index contributed by atoms with van der Waals surface area (Å²) in [6.07, 6.45) is 0. The molecule has 0 saturated carbocycles. The van der Waals surface area contributed by atoms with E-state index in [9.17, 15) is 0 Å². The fourth-order valence-corrected chi connectivity index (χ4v) is 10.7. The molecule has 0 atom stereocenters. The van der Waals surface area contributed by atoms with Crippen LogP contribution < -0.4 is 29.1 Å². The number of hydrogen-bond donors (Lipinski definition) is 0. The van der Waals surface area contributed by atoms with E-state index < -0.39 is 0 Å². The molecule has 0 bridgehead atoms. The molecule has 0 saturated heterocycles. The Morgan fingerprint density at radius 2 is 0.542 bits per heavy atom. The van der Waals surface area contributed by atoms with E-state index >= 15 is 0 Å². The lowest BCUT2D eigenvalue weighted by Crippen LogP contribution is -2.17. The third-order valence-corrected chi connectivity index (χ3v) is 13.9. The highest BCUT2D eigenvalue weighted by atomic mass is 16.5. The summed E-state index contributed by atoms with van der Waals surface area (Å²) in [6, 6.07) is 94.3. The van der Waals surface area contributed by atoms with E-state index in [2.05, 4.69) is 274 Å². The van der Waals surface area contributed by atoms with Gasteiger partial charge in [0.2, 0.25) is 0 Å². The molecule has 6 heteroatoms. The molecule has 0 amide bonds. The third-order valence-electron chi connectivity index (χ3n) is 13.9. The lowest BCUT2D eigenvalue weighted by molar-refractivity contribution is 0.477. The van der Waals surface area contributed by atoms with Gasteiger partial charge in [-0.3, -0.25) is 0 Å². The van der Waals surface area contributed by atoms with Gasteiger partial charge >= 0.3 is 0 Å². The van der Waals surface area contributed by atoms with E-state index in [0.29, 0.717) is 0 Å². The van der Waals surface area contributed by atoms with E-state index in [-0.39, 0.29) is 0 Å². The maximum atomic E-state index is 6.78. The van der Waals surface area contributed by atoms with E-state index in [1.807, 2.05) is 12.1 Å². The molecule has 72 heavy (non-hydrogen) atoms. The normalized spacial score (nSPS) is 12.3. The maximum Gasteiger partial charge on any atom is 0.153 e. The monoisotopic (exact) mass is 924 g/mol. The van der Waals surface area contributed by atoms with Crippen molar-refractivity contribution in [2.45, 2.75) is 0 Å². The van der Waals surface area contributed by atoms with Crippen LogP contribution in [-0.4, -0.2) is 0 Å². The summed E-state index contributed by atoms with van der Waals surface area (Å²) in [4.78, 5) is 9.22. The van der Waals surface area contributed by atoms with Crippen LogP contribution in [0, 0.1) is 0 Å². The van der Waals surface area contributed by atoms with Crippen LogP contribution in [0.1, 0.15) is 0 Å². The highest BCUT2D eigenvalue weighted by Crippen LogP contribution is 2.55. The van der Waals surface area contributed by atoms with Crippen LogP contribution in [0.4, 0.5) is 68.2 Å². The lowest BCUT2D eigenvalue weighted by atomic mass is 9.93. The minimum Gasteiger partial charge on any atom is -0.453 e. The highest BCUT2D eigenvalue weighted by molar-refractivity contribution is 6.26. The van der Waals surface area contributed by atoms with Crippen molar-refractivity contribution in [2.24, 2.45) is 0 Å². The predicted octanol–water partition coefficient (Wildman–Crippen LogP) is 19.2. The van der Waals surface area contributed by atoms with Crippen LogP contribution in [0.5, 0.6) is 23.0 Å². The quantitative estimate of drug-likeness (QED) is 0.141. The molecule has 340 valence electrons. The largest absolute Gasteiger partial charge is 0.453 e. The minimum absolute atomic E-state index is 0.784. The molecule has 2 aliphatic rings. The molecule has 12 aromatic carbocycles. The van der Waals surface area contributed by atoms with Crippen LogP contribution in [0.2, 0.25) is 0 Å². The van der Waals surface area contributed by atoms with Crippen molar-refractivity contribution in [2.75, 3.05) is 19.6 Å². The first-order valence-electron chi connectivity index (χ1n) is 24.3. The molecular formula is C66H44N4O2. The van der Waals surface area contributed by atoms with Gasteiger partial charge in [-0.1, -0.05) is 133 Å². The van der Waals surface area contributed by atoms with E-state index in [4.69, 9.17) is 9.47 Å². The van der Waals surface area contributed by atoms with Gasteiger partial charge in [0.15, 0.2) is 23.0 Å². The first kappa shape index (κ1) is 41.2. The average Bonchev–Trinajstić information content (AvgIpc) is 3.45. The summed E-state index contributed by atoms with van der Waals surface area (Å²) >= 11 is 0. The van der Waals surface area contributed by atoms with Crippen LogP contribution >= 0.6 is 0 Å². The van der Waals surface area contributed by atoms with Crippen molar-refractivity contribution in [3.63, 3.8) is 0 Å². The van der Waals surface area contributed by atoms with Gasteiger partial charge in [0.1, 0.15) is 0 Å². The standard InChI is InChI=1S/C66H44N4O2/c1-5-19-45(20-6-1)67(46-21-7-2-8-22-46)51-35-39-61-65(43-51)71-63-31-17-15-29-59(63)69(61)49-33-37-55-56-38-34-50(42-58(56)54-28-14-13-27-53(54)57(55)41-49)70-60-30-16-18-32-64(60)72-66-44-52(36-40-62(66)70)68(47-23-9-3-10-24-47)48-25-11-4-12-26-48/h1-44H. The number of anilines is 12. The van der Waals surface area contributed by atoms with E-state index in [0.717, 1.165) is 91.2 Å². The molecule has 0 aromatic heterocycles. The molecule has 2 aliphatic heterocycles. The van der Waals surface area contributed by atoms with Crippen molar-refractivity contribution >= 4 is 101 Å². The van der Waals surface area contributed by atoms with Crippen molar-refractivity contribution in [1.29, 1.82) is 0 Å². The van der Waals surface area contributed by atoms with Gasteiger partial charge < -0.3 is 29.1 Å². The van der Waals surface area contributed by atoms with Crippen LogP contribution in [0.15, 0.2) is 267 Å². The summed E-state index contributed by atoms with van der Waals surface area (Å²) in [6.45, 7) is 0. The number of rotatable bonds is 8. The number of nitrogens with zero attached hydrogens (tertiary/aromatic N) is 4. The van der Waals surface area contributed by atoms with Crippen LogP contribution in [-0.2, 0) is 0 Å². The number of para-hydroxylation sites is 8. The molecule has 0 spiro atoms. The van der Waals surface area contributed by atoms with Crippen molar-refractivity contribution in [3.8, 4) is 23.0 Å². The summed E-state index contributed by atoms with van der Waals surface area (Å²) < 4.78 is 13.6. The number of ether oxygens (including phenoxy) is 2. The SMILES string of the molecule is c1ccc(N(c2ccccc2)c2ccc3c(c2)Oc2ccccc2N3c2ccc3c4ccc(N5c6ccccc6Oc6cc(N(c7ccccc7)c7ccccc7)ccc65)cc4c4ccccc4c3c2)cc1. The van der Waals surface area contributed by atoms with Gasteiger partial charge in [0.25, 0.3) is 0 Å². The Labute approximate surface area is 417 Å². The Balaban J connectivity index is 0.888. The summed E-state index contributed by atoms with van der Waals surface area (Å²) in [7, 11) is 0. The summed E-state index contributed by atoms with van der Waals surface area (Å²) in [5.74, 6) is 3.17. The van der Waals surface area contributed by atoms with Gasteiger partial charge in [0, 0.05) is 57.6 Å². The molecule has 0 aliphatic carbocycles. The zero-order valence-corrected chi connectivity index (χ0v) is 39.0.